The number of benzene rings is 1. The average Bonchev–Trinajstić information content (AvgIpc) is 2.28. The van der Waals surface area contributed by atoms with E-state index in [2.05, 4.69) is 0 Å². The van der Waals surface area contributed by atoms with Crippen molar-refractivity contribution < 1.29 is 19.4 Å². The zero-order chi connectivity index (χ0) is 13.0. The Morgan fingerprint density at radius 2 is 1.94 bits per heavy atom. The van der Waals surface area contributed by atoms with E-state index in [1.54, 1.807) is 7.11 Å². The fraction of sp³-hybridized carbons (Fsp3) is 0.462. The zero-order valence-electron chi connectivity index (χ0n) is 10.6. The van der Waals surface area contributed by atoms with Crippen LogP contribution in [-0.4, -0.2) is 31.9 Å². The van der Waals surface area contributed by atoms with Crippen LogP contribution in [0.2, 0.25) is 0 Å². The second-order valence-electron chi connectivity index (χ2n) is 4.02. The Morgan fingerprint density at radius 1 is 1.29 bits per heavy atom. The lowest BCUT2D eigenvalue weighted by molar-refractivity contribution is -0.140. The predicted molar refractivity (Wildman–Crippen MR) is 64.7 cm³/mol. The Balaban J connectivity index is 3.20. The van der Waals surface area contributed by atoms with Crippen molar-refractivity contribution in [2.45, 2.75) is 19.8 Å². The van der Waals surface area contributed by atoms with E-state index in [4.69, 9.17) is 9.47 Å². The molecule has 94 valence electrons. The summed E-state index contributed by atoms with van der Waals surface area (Å²) in [5.74, 6) is -0.739. The molecule has 4 heteroatoms. The third-order valence-electron chi connectivity index (χ3n) is 2.79. The number of ether oxygens (including phenoxy) is 2. The maximum atomic E-state index is 11.2. The molecule has 0 radical (unpaired) electrons. The zero-order valence-corrected chi connectivity index (χ0v) is 10.6. The molecule has 0 saturated carbocycles. The van der Waals surface area contributed by atoms with E-state index in [9.17, 15) is 9.90 Å². The fourth-order valence-electron chi connectivity index (χ4n) is 1.87. The van der Waals surface area contributed by atoms with Gasteiger partial charge in [-0.2, -0.15) is 0 Å². The van der Waals surface area contributed by atoms with Crippen molar-refractivity contribution in [3.8, 4) is 5.75 Å². The van der Waals surface area contributed by atoms with E-state index in [-0.39, 0.29) is 6.61 Å². The molecule has 0 bridgehead atoms. The van der Waals surface area contributed by atoms with E-state index in [1.807, 2.05) is 26.0 Å². The summed E-state index contributed by atoms with van der Waals surface area (Å²) in [6.45, 7) is 3.94. The van der Waals surface area contributed by atoms with Crippen molar-refractivity contribution in [3.63, 3.8) is 0 Å². The van der Waals surface area contributed by atoms with Gasteiger partial charge in [0.2, 0.25) is 0 Å². The number of rotatable bonds is 5. The van der Waals surface area contributed by atoms with Crippen LogP contribution in [0.15, 0.2) is 12.1 Å². The summed E-state index contributed by atoms with van der Waals surface area (Å²) in [6, 6.07) is 3.71. The monoisotopic (exact) mass is 238 g/mol. The molecule has 1 unspecified atom stereocenters. The molecule has 0 spiro atoms. The molecule has 1 rings (SSSR count). The van der Waals surface area contributed by atoms with E-state index < -0.39 is 11.9 Å². The molecule has 4 nitrogen and oxygen atoms in total. The Hall–Kier alpha value is -1.55. The highest BCUT2D eigenvalue weighted by molar-refractivity contribution is 5.77. The minimum atomic E-state index is -0.875. The number of carboxylic acid groups (broad SMARTS) is 1. The number of carbonyl (C=O) groups is 1. The second kappa shape index (κ2) is 5.68. The van der Waals surface area contributed by atoms with Gasteiger partial charge in [0.1, 0.15) is 11.7 Å². The third kappa shape index (κ3) is 2.97. The summed E-state index contributed by atoms with van der Waals surface area (Å²) in [5, 5.41) is 9.19. The van der Waals surface area contributed by atoms with Crippen LogP contribution in [0.5, 0.6) is 5.75 Å². The van der Waals surface area contributed by atoms with Crippen LogP contribution in [-0.2, 0) is 9.53 Å². The Kier molecular flexibility index (Phi) is 4.52. The minimum Gasteiger partial charge on any atom is -0.496 e. The molecule has 0 heterocycles. The van der Waals surface area contributed by atoms with Crippen LogP contribution in [0.25, 0.3) is 0 Å². The molecule has 0 amide bonds. The first-order valence-corrected chi connectivity index (χ1v) is 5.38. The normalized spacial score (nSPS) is 12.2. The summed E-state index contributed by atoms with van der Waals surface area (Å²) in [5.41, 5.74) is 2.60. The molecule has 0 aliphatic rings. The Bertz CT molecular complexity index is 412. The number of hydrogen-bond donors (Lipinski definition) is 1. The highest BCUT2D eigenvalue weighted by Crippen LogP contribution is 2.28. The van der Waals surface area contributed by atoms with Crippen molar-refractivity contribution in [1.29, 1.82) is 0 Å². The number of methoxy groups -OCH3 is 2. The minimum absolute atomic E-state index is 0.169. The van der Waals surface area contributed by atoms with Crippen molar-refractivity contribution in [2.24, 2.45) is 0 Å². The number of carboxylic acids is 1. The van der Waals surface area contributed by atoms with Gasteiger partial charge in [-0.05, 0) is 36.6 Å². The fourth-order valence-corrected chi connectivity index (χ4v) is 1.87. The third-order valence-corrected chi connectivity index (χ3v) is 2.79. The SMILES string of the molecule is COCC(C(=O)O)c1cc(C)c(OC)cc1C. The van der Waals surface area contributed by atoms with Crippen molar-refractivity contribution in [1.82, 2.24) is 0 Å². The first-order valence-electron chi connectivity index (χ1n) is 5.38. The maximum Gasteiger partial charge on any atom is 0.313 e. The summed E-state index contributed by atoms with van der Waals surface area (Å²) in [4.78, 5) is 11.2. The molecule has 1 N–H and O–H groups in total. The summed E-state index contributed by atoms with van der Waals surface area (Å²) in [6.07, 6.45) is 0. The van der Waals surface area contributed by atoms with Crippen LogP contribution in [0.3, 0.4) is 0 Å². The largest absolute Gasteiger partial charge is 0.496 e. The van der Waals surface area contributed by atoms with Crippen molar-refractivity contribution in [3.05, 3.63) is 28.8 Å². The molecule has 17 heavy (non-hydrogen) atoms. The summed E-state index contributed by atoms with van der Waals surface area (Å²) >= 11 is 0. The van der Waals surface area contributed by atoms with Gasteiger partial charge in [0.05, 0.1) is 13.7 Å². The van der Waals surface area contributed by atoms with Crippen LogP contribution in [0, 0.1) is 13.8 Å². The number of aliphatic carboxylic acids is 1. The number of aryl methyl sites for hydroxylation is 2. The van der Waals surface area contributed by atoms with Gasteiger partial charge in [-0.1, -0.05) is 6.07 Å². The quantitative estimate of drug-likeness (QED) is 0.853. The van der Waals surface area contributed by atoms with Gasteiger partial charge in [0.25, 0.3) is 0 Å². The van der Waals surface area contributed by atoms with Gasteiger partial charge in [-0.3, -0.25) is 4.79 Å². The molecule has 1 aromatic carbocycles. The molecule has 1 atom stereocenters. The van der Waals surface area contributed by atoms with Gasteiger partial charge in [-0.25, -0.2) is 0 Å². The first kappa shape index (κ1) is 13.5. The van der Waals surface area contributed by atoms with Crippen LogP contribution >= 0.6 is 0 Å². The lowest BCUT2D eigenvalue weighted by atomic mass is 9.93. The molecule has 0 saturated heterocycles. The smallest absolute Gasteiger partial charge is 0.313 e. The van der Waals surface area contributed by atoms with Gasteiger partial charge in [-0.15, -0.1) is 0 Å². The molecule has 0 aromatic heterocycles. The van der Waals surface area contributed by atoms with E-state index in [0.29, 0.717) is 0 Å². The van der Waals surface area contributed by atoms with Crippen LogP contribution < -0.4 is 4.74 Å². The molecule has 0 aliphatic heterocycles. The van der Waals surface area contributed by atoms with Gasteiger partial charge in [0.15, 0.2) is 0 Å². The van der Waals surface area contributed by atoms with Gasteiger partial charge < -0.3 is 14.6 Å². The molecule has 1 aromatic rings. The lowest BCUT2D eigenvalue weighted by Gasteiger charge is -2.17. The summed E-state index contributed by atoms with van der Waals surface area (Å²) in [7, 11) is 3.10. The molecular formula is C13H18O4. The Labute approximate surface area is 101 Å². The lowest BCUT2D eigenvalue weighted by Crippen LogP contribution is -2.18. The van der Waals surface area contributed by atoms with Crippen LogP contribution in [0.1, 0.15) is 22.6 Å². The first-order chi connectivity index (χ1) is 8.01. The standard InChI is InChI=1S/C13H18O4/c1-8-6-12(17-4)9(2)5-10(8)11(7-16-3)13(14)15/h5-6,11H,7H2,1-4H3,(H,14,15). The van der Waals surface area contributed by atoms with E-state index in [1.165, 1.54) is 7.11 Å². The van der Waals surface area contributed by atoms with E-state index in [0.717, 1.165) is 22.4 Å². The van der Waals surface area contributed by atoms with E-state index >= 15 is 0 Å². The average molecular weight is 238 g/mol. The predicted octanol–water partition coefficient (Wildman–Crippen LogP) is 2.13. The van der Waals surface area contributed by atoms with Gasteiger partial charge in [0, 0.05) is 7.11 Å². The summed E-state index contributed by atoms with van der Waals surface area (Å²) < 4.78 is 10.2. The topological polar surface area (TPSA) is 55.8 Å². The maximum absolute atomic E-state index is 11.2. The second-order valence-corrected chi connectivity index (χ2v) is 4.02. The van der Waals surface area contributed by atoms with Crippen molar-refractivity contribution >= 4 is 5.97 Å². The highest BCUT2D eigenvalue weighted by atomic mass is 16.5. The van der Waals surface area contributed by atoms with Gasteiger partial charge >= 0.3 is 5.97 Å². The molecule has 0 fully saturated rings. The highest BCUT2D eigenvalue weighted by Gasteiger charge is 2.22. The molecule has 0 aliphatic carbocycles. The molecular weight excluding hydrogens is 220 g/mol. The van der Waals surface area contributed by atoms with Crippen molar-refractivity contribution in [2.75, 3.05) is 20.8 Å². The Morgan fingerprint density at radius 3 is 2.41 bits per heavy atom. The number of hydrogen-bond acceptors (Lipinski definition) is 3. The van der Waals surface area contributed by atoms with Crippen LogP contribution in [0.4, 0.5) is 0 Å².